The summed E-state index contributed by atoms with van der Waals surface area (Å²) in [5.74, 6) is -1.60. The van der Waals surface area contributed by atoms with E-state index in [4.69, 9.17) is 4.74 Å². The first kappa shape index (κ1) is 17.9. The van der Waals surface area contributed by atoms with Gasteiger partial charge in [-0.1, -0.05) is 30.0 Å². The molecule has 1 atom stereocenters. The van der Waals surface area contributed by atoms with Crippen LogP contribution in [0.2, 0.25) is 0 Å². The molecule has 1 aliphatic rings. The molecule has 0 fully saturated rings. The van der Waals surface area contributed by atoms with Crippen LogP contribution >= 0.6 is 11.8 Å². The lowest BCUT2D eigenvalue weighted by atomic mass is 10.1. The molecule has 2 rings (SSSR count). The minimum absolute atomic E-state index is 0.0180. The number of hydrogen-bond donors (Lipinski definition) is 1. The number of amides is 3. The Morgan fingerprint density at radius 3 is 2.62 bits per heavy atom. The number of ether oxygens (including phenoxy) is 1. The normalized spacial score (nSPS) is 16.9. The first-order chi connectivity index (χ1) is 11.5. The second kappa shape index (κ2) is 8.39. The summed E-state index contributed by atoms with van der Waals surface area (Å²) in [5.41, 5.74) is 0.990. The SMILES string of the molecule is CCOC(=O)C1C(C)=NC(=O)N=C1SCC(=O)Nc1ccccc1. The maximum Gasteiger partial charge on any atom is 0.367 e. The van der Waals surface area contributed by atoms with Gasteiger partial charge in [-0.25, -0.2) is 4.79 Å². The average molecular weight is 347 g/mol. The lowest BCUT2D eigenvalue weighted by Gasteiger charge is -2.19. The second-order valence-electron chi connectivity index (χ2n) is 4.87. The molecule has 1 heterocycles. The number of carbonyl (C=O) groups is 3. The number of anilines is 1. The van der Waals surface area contributed by atoms with Gasteiger partial charge < -0.3 is 10.1 Å². The number of urea groups is 1. The fourth-order valence-electron chi connectivity index (χ4n) is 2.05. The van der Waals surface area contributed by atoms with Crippen LogP contribution in [0.3, 0.4) is 0 Å². The Morgan fingerprint density at radius 2 is 1.96 bits per heavy atom. The van der Waals surface area contributed by atoms with E-state index in [1.807, 2.05) is 18.2 Å². The van der Waals surface area contributed by atoms with Crippen LogP contribution < -0.4 is 5.32 Å². The molecule has 3 amide bonds. The minimum atomic E-state index is -0.836. The molecule has 7 nitrogen and oxygen atoms in total. The molecule has 0 aliphatic carbocycles. The van der Waals surface area contributed by atoms with Gasteiger partial charge in [-0.05, 0) is 26.0 Å². The molecule has 24 heavy (non-hydrogen) atoms. The number of benzene rings is 1. The molecule has 1 aromatic rings. The third-order valence-electron chi connectivity index (χ3n) is 3.07. The van der Waals surface area contributed by atoms with Gasteiger partial charge in [0.2, 0.25) is 5.91 Å². The van der Waals surface area contributed by atoms with Gasteiger partial charge in [-0.2, -0.15) is 9.98 Å². The molecule has 0 bridgehead atoms. The first-order valence-electron chi connectivity index (χ1n) is 7.33. The number of nitrogens with zero attached hydrogens (tertiary/aromatic N) is 2. The van der Waals surface area contributed by atoms with Crippen molar-refractivity contribution in [3.63, 3.8) is 0 Å². The fourth-order valence-corrected chi connectivity index (χ4v) is 2.98. The van der Waals surface area contributed by atoms with E-state index in [0.717, 1.165) is 11.8 Å². The van der Waals surface area contributed by atoms with Gasteiger partial charge in [0.1, 0.15) is 5.92 Å². The summed E-state index contributed by atoms with van der Waals surface area (Å²) in [6.07, 6.45) is 0. The average Bonchev–Trinajstić information content (AvgIpc) is 2.53. The molecule has 0 saturated carbocycles. The van der Waals surface area contributed by atoms with Crippen LogP contribution in [0.15, 0.2) is 40.3 Å². The number of esters is 1. The van der Waals surface area contributed by atoms with E-state index in [-0.39, 0.29) is 23.3 Å². The Bertz CT molecular complexity index is 701. The van der Waals surface area contributed by atoms with Crippen molar-refractivity contribution in [2.75, 3.05) is 17.7 Å². The molecule has 8 heteroatoms. The first-order valence-corrected chi connectivity index (χ1v) is 8.32. The molecule has 1 unspecified atom stereocenters. The molecule has 0 aromatic heterocycles. The van der Waals surface area contributed by atoms with Crippen LogP contribution in [0.1, 0.15) is 13.8 Å². The monoisotopic (exact) mass is 347 g/mol. The number of rotatable bonds is 5. The number of nitrogens with one attached hydrogen (secondary N) is 1. The third kappa shape index (κ3) is 4.76. The number of hydrogen-bond acceptors (Lipinski definition) is 5. The van der Waals surface area contributed by atoms with Crippen molar-refractivity contribution in [1.29, 1.82) is 0 Å². The van der Waals surface area contributed by atoms with Gasteiger partial charge in [0.15, 0.2) is 0 Å². The highest BCUT2D eigenvalue weighted by atomic mass is 32.2. The highest BCUT2D eigenvalue weighted by Gasteiger charge is 2.33. The number of aliphatic imine (C=N–C) groups is 2. The molecule has 0 spiro atoms. The lowest BCUT2D eigenvalue weighted by molar-refractivity contribution is -0.143. The Labute approximate surface area is 143 Å². The van der Waals surface area contributed by atoms with Crippen molar-refractivity contribution in [2.24, 2.45) is 15.9 Å². The van der Waals surface area contributed by atoms with Gasteiger partial charge in [0.05, 0.1) is 17.4 Å². The number of thioether (sulfide) groups is 1. The Hall–Kier alpha value is -2.48. The van der Waals surface area contributed by atoms with Crippen LogP contribution in [-0.2, 0) is 14.3 Å². The van der Waals surface area contributed by atoms with Gasteiger partial charge in [0, 0.05) is 11.4 Å². The summed E-state index contributed by atoms with van der Waals surface area (Å²) in [5, 5.41) is 2.96. The zero-order valence-corrected chi connectivity index (χ0v) is 14.1. The summed E-state index contributed by atoms with van der Waals surface area (Å²) in [6.45, 7) is 3.47. The highest BCUT2D eigenvalue weighted by molar-refractivity contribution is 8.14. The zero-order valence-electron chi connectivity index (χ0n) is 13.3. The summed E-state index contributed by atoms with van der Waals surface area (Å²) >= 11 is 1.03. The predicted octanol–water partition coefficient (Wildman–Crippen LogP) is 2.53. The third-order valence-corrected chi connectivity index (χ3v) is 4.10. The molecule has 126 valence electrons. The van der Waals surface area contributed by atoms with Crippen molar-refractivity contribution >= 4 is 46.1 Å². The van der Waals surface area contributed by atoms with Crippen molar-refractivity contribution < 1.29 is 19.1 Å². The van der Waals surface area contributed by atoms with Crippen LogP contribution in [0.25, 0.3) is 0 Å². The predicted molar refractivity (Wildman–Crippen MR) is 93.6 cm³/mol. The van der Waals surface area contributed by atoms with E-state index in [9.17, 15) is 14.4 Å². The smallest absolute Gasteiger partial charge is 0.367 e. The number of carbonyl (C=O) groups excluding carboxylic acids is 3. The van der Waals surface area contributed by atoms with Crippen molar-refractivity contribution in [2.45, 2.75) is 13.8 Å². The van der Waals surface area contributed by atoms with Crippen molar-refractivity contribution in [1.82, 2.24) is 0 Å². The van der Waals surface area contributed by atoms with Gasteiger partial charge in [0.25, 0.3) is 0 Å². The molecule has 0 radical (unpaired) electrons. The minimum Gasteiger partial charge on any atom is -0.465 e. The number of para-hydroxylation sites is 1. The summed E-state index contributed by atoms with van der Waals surface area (Å²) < 4.78 is 4.99. The maximum atomic E-state index is 12.1. The van der Waals surface area contributed by atoms with E-state index in [1.54, 1.807) is 26.0 Å². The van der Waals surface area contributed by atoms with Crippen LogP contribution in [0.5, 0.6) is 0 Å². The summed E-state index contributed by atoms with van der Waals surface area (Å²) in [6, 6.07) is 8.31. The fraction of sp³-hybridized carbons (Fsp3) is 0.312. The molecular formula is C16H17N3O4S. The topological polar surface area (TPSA) is 97.2 Å². The van der Waals surface area contributed by atoms with Crippen LogP contribution in [-0.4, -0.2) is 41.0 Å². The molecular weight excluding hydrogens is 330 g/mol. The molecule has 1 aliphatic heterocycles. The Morgan fingerprint density at radius 1 is 1.25 bits per heavy atom. The second-order valence-corrected chi connectivity index (χ2v) is 5.87. The molecule has 1 N–H and O–H groups in total. The van der Waals surface area contributed by atoms with E-state index < -0.39 is 17.9 Å². The van der Waals surface area contributed by atoms with Gasteiger partial charge in [-0.15, -0.1) is 0 Å². The zero-order chi connectivity index (χ0) is 17.5. The van der Waals surface area contributed by atoms with E-state index in [0.29, 0.717) is 11.4 Å². The van der Waals surface area contributed by atoms with E-state index in [2.05, 4.69) is 15.3 Å². The van der Waals surface area contributed by atoms with Crippen LogP contribution in [0.4, 0.5) is 10.5 Å². The quantitative estimate of drug-likeness (QED) is 0.826. The highest BCUT2D eigenvalue weighted by Crippen LogP contribution is 2.21. The summed E-state index contributed by atoms with van der Waals surface area (Å²) in [4.78, 5) is 43.0. The van der Waals surface area contributed by atoms with Gasteiger partial charge in [-0.3, -0.25) is 9.59 Å². The molecule has 0 saturated heterocycles. The Balaban J connectivity index is 2.01. The molecule has 1 aromatic carbocycles. The van der Waals surface area contributed by atoms with Gasteiger partial charge >= 0.3 is 12.0 Å². The lowest BCUT2D eigenvalue weighted by Crippen LogP contribution is -2.34. The largest absolute Gasteiger partial charge is 0.465 e. The summed E-state index contributed by atoms with van der Waals surface area (Å²) in [7, 11) is 0. The van der Waals surface area contributed by atoms with E-state index in [1.165, 1.54) is 0 Å². The van der Waals surface area contributed by atoms with Crippen molar-refractivity contribution in [3.05, 3.63) is 30.3 Å². The van der Waals surface area contributed by atoms with E-state index >= 15 is 0 Å². The van der Waals surface area contributed by atoms with Crippen LogP contribution in [0, 0.1) is 5.92 Å². The maximum absolute atomic E-state index is 12.1. The standard InChI is InChI=1S/C16H17N3O4S/c1-3-23-15(21)13-10(2)17-16(22)19-14(13)24-9-12(20)18-11-7-5-4-6-8-11/h4-8,13H,3,9H2,1-2H3,(H,18,20). The Kier molecular flexibility index (Phi) is 6.25. The van der Waals surface area contributed by atoms with Crippen molar-refractivity contribution in [3.8, 4) is 0 Å².